The van der Waals surface area contributed by atoms with Crippen LogP contribution in [0.1, 0.15) is 56.8 Å². The lowest BCUT2D eigenvalue weighted by molar-refractivity contribution is -0.141. The molecule has 4 amide bonds. The van der Waals surface area contributed by atoms with E-state index in [-0.39, 0.29) is 5.56 Å². The summed E-state index contributed by atoms with van der Waals surface area (Å²) in [6.45, 7) is 4.13. The van der Waals surface area contributed by atoms with Crippen molar-refractivity contribution >= 4 is 47.3 Å². The first-order chi connectivity index (χ1) is 19.1. The van der Waals surface area contributed by atoms with Crippen molar-refractivity contribution in [2.45, 2.75) is 70.6 Å². The predicted molar refractivity (Wildman–Crippen MR) is 140 cm³/mol. The second kappa shape index (κ2) is 16.3. The van der Waals surface area contributed by atoms with E-state index in [4.69, 9.17) is 10.2 Å². The van der Waals surface area contributed by atoms with Crippen LogP contribution in [0.25, 0.3) is 0 Å². The van der Waals surface area contributed by atoms with Gasteiger partial charge in [-0.25, -0.2) is 0 Å². The summed E-state index contributed by atoms with van der Waals surface area (Å²) in [5, 5.41) is 36.5. The molecule has 4 unspecified atom stereocenters. The Morgan fingerprint density at radius 3 is 1.66 bits per heavy atom. The number of carbonyl (C=O) groups is 8. The van der Waals surface area contributed by atoms with Crippen molar-refractivity contribution in [3.05, 3.63) is 35.9 Å². The molecule has 0 aliphatic heterocycles. The molecule has 15 heteroatoms. The highest BCUT2D eigenvalue weighted by atomic mass is 16.4. The molecule has 0 aliphatic rings. The van der Waals surface area contributed by atoms with Crippen LogP contribution in [-0.2, 0) is 33.6 Å². The number of benzene rings is 1. The molecule has 4 atom stereocenters. The summed E-state index contributed by atoms with van der Waals surface area (Å²) in [5.74, 6) is -9.11. The molecular weight excluding hydrogens is 544 g/mol. The number of aliphatic carboxylic acids is 3. The molecule has 0 saturated heterocycles. The Bertz CT molecular complexity index is 1140. The molecule has 0 spiro atoms. The molecule has 0 aromatic heterocycles. The van der Waals surface area contributed by atoms with Gasteiger partial charge in [-0.2, -0.15) is 0 Å². The van der Waals surface area contributed by atoms with E-state index in [0.29, 0.717) is 0 Å². The van der Waals surface area contributed by atoms with E-state index >= 15 is 0 Å². The van der Waals surface area contributed by atoms with Crippen molar-refractivity contribution in [2.24, 2.45) is 5.92 Å². The van der Waals surface area contributed by atoms with E-state index < -0.39 is 103 Å². The van der Waals surface area contributed by atoms with Gasteiger partial charge in [0.25, 0.3) is 0 Å². The number of carbonyl (C=O) groups excluding carboxylic acids is 5. The van der Waals surface area contributed by atoms with Crippen LogP contribution in [0.5, 0.6) is 0 Å². The van der Waals surface area contributed by atoms with Crippen molar-refractivity contribution in [3.63, 3.8) is 0 Å². The maximum Gasteiger partial charge on any atom is 0.305 e. The summed E-state index contributed by atoms with van der Waals surface area (Å²) >= 11 is 0. The molecule has 7 N–H and O–H groups in total. The van der Waals surface area contributed by atoms with Gasteiger partial charge in [0.2, 0.25) is 23.6 Å². The highest BCUT2D eigenvalue weighted by Crippen LogP contribution is 2.10. The minimum atomic E-state index is -1.57. The zero-order valence-electron chi connectivity index (χ0n) is 22.7. The summed E-state index contributed by atoms with van der Waals surface area (Å²) in [7, 11) is 0. The lowest BCUT2D eigenvalue weighted by Gasteiger charge is -2.27. The third-order valence-electron chi connectivity index (χ3n) is 5.67. The van der Waals surface area contributed by atoms with E-state index in [0.717, 1.165) is 6.92 Å². The van der Waals surface area contributed by atoms with Gasteiger partial charge in [-0.3, -0.25) is 38.4 Å². The molecular formula is C26H34N4O11. The van der Waals surface area contributed by atoms with Gasteiger partial charge in [0.15, 0.2) is 5.78 Å². The zero-order chi connectivity index (χ0) is 31.3. The molecule has 1 rings (SSSR count). The van der Waals surface area contributed by atoms with Gasteiger partial charge in [-0.05, 0) is 12.3 Å². The van der Waals surface area contributed by atoms with Crippen molar-refractivity contribution in [1.29, 1.82) is 0 Å². The van der Waals surface area contributed by atoms with Crippen LogP contribution in [0.15, 0.2) is 30.3 Å². The summed E-state index contributed by atoms with van der Waals surface area (Å²) in [5.41, 5.74) is 0.149. The fraction of sp³-hybridized carbons (Fsp3) is 0.462. The molecule has 0 radical (unpaired) electrons. The molecule has 15 nitrogen and oxygen atoms in total. The smallest absolute Gasteiger partial charge is 0.305 e. The van der Waals surface area contributed by atoms with Crippen LogP contribution in [0.3, 0.4) is 0 Å². The molecule has 0 heterocycles. The number of hydrogen-bond donors (Lipinski definition) is 7. The molecule has 1 aromatic carbocycles. The van der Waals surface area contributed by atoms with E-state index in [1.165, 1.54) is 12.1 Å². The molecule has 0 aliphatic carbocycles. The Labute approximate surface area is 235 Å². The number of amides is 4. The number of hydrogen-bond acceptors (Lipinski definition) is 8. The van der Waals surface area contributed by atoms with Gasteiger partial charge in [0.05, 0.1) is 12.8 Å². The minimum absolute atomic E-state index is 0.149. The Kier molecular flexibility index (Phi) is 13.6. The maximum absolute atomic E-state index is 13.1. The first kappa shape index (κ1) is 34.2. The fourth-order valence-corrected chi connectivity index (χ4v) is 3.68. The third-order valence-corrected chi connectivity index (χ3v) is 5.67. The van der Waals surface area contributed by atoms with Gasteiger partial charge in [0, 0.05) is 18.9 Å². The van der Waals surface area contributed by atoms with Crippen molar-refractivity contribution in [1.82, 2.24) is 21.3 Å². The number of rotatable bonds is 17. The number of ketones is 1. The lowest BCUT2D eigenvalue weighted by atomic mass is 9.98. The van der Waals surface area contributed by atoms with E-state index in [1.807, 2.05) is 0 Å². The highest BCUT2D eigenvalue weighted by molar-refractivity contribution is 6.04. The standard InChI is InChI=1S/C26H34N4O11/c1-13(2)22(26(41)29-17(11-20(34)35)23(38)15-7-5-4-6-8-15)30-24(39)16(9-10-19(32)33)28-25(40)18(12-21(36)37)27-14(3)31/h4-8,13,16-18,22H,9-12H2,1-3H3,(H,27,31)(H,28,40)(H,29,41)(H,30,39)(H,32,33)(H,34,35)(H,36,37). The minimum Gasteiger partial charge on any atom is -0.481 e. The molecule has 0 bridgehead atoms. The largest absolute Gasteiger partial charge is 0.481 e. The van der Waals surface area contributed by atoms with Crippen LogP contribution in [0.2, 0.25) is 0 Å². The lowest BCUT2D eigenvalue weighted by Crippen LogP contribution is -2.59. The van der Waals surface area contributed by atoms with Gasteiger partial charge in [-0.1, -0.05) is 44.2 Å². The van der Waals surface area contributed by atoms with Crippen LogP contribution in [0, 0.1) is 5.92 Å². The quantitative estimate of drug-likeness (QED) is 0.114. The predicted octanol–water partition coefficient (Wildman–Crippen LogP) is -0.701. The van der Waals surface area contributed by atoms with E-state index in [9.17, 15) is 43.5 Å². The molecule has 0 fully saturated rings. The topological polar surface area (TPSA) is 245 Å². The van der Waals surface area contributed by atoms with Crippen molar-refractivity contribution in [2.75, 3.05) is 0 Å². The van der Waals surface area contributed by atoms with Crippen molar-refractivity contribution < 1.29 is 53.7 Å². The van der Waals surface area contributed by atoms with Gasteiger partial charge >= 0.3 is 17.9 Å². The zero-order valence-corrected chi connectivity index (χ0v) is 22.7. The second-order valence-corrected chi connectivity index (χ2v) is 9.46. The Hall–Kier alpha value is -4.82. The first-order valence-corrected chi connectivity index (χ1v) is 12.5. The van der Waals surface area contributed by atoms with Crippen LogP contribution in [0.4, 0.5) is 0 Å². The molecule has 41 heavy (non-hydrogen) atoms. The van der Waals surface area contributed by atoms with Crippen LogP contribution in [-0.4, -0.2) is 86.8 Å². The number of carboxylic acids is 3. The molecule has 224 valence electrons. The average Bonchev–Trinajstić information content (AvgIpc) is 2.87. The highest BCUT2D eigenvalue weighted by Gasteiger charge is 2.34. The van der Waals surface area contributed by atoms with Crippen LogP contribution < -0.4 is 21.3 Å². The Balaban J connectivity index is 3.17. The normalized spacial score (nSPS) is 13.6. The van der Waals surface area contributed by atoms with Crippen molar-refractivity contribution in [3.8, 4) is 0 Å². The van der Waals surface area contributed by atoms with Gasteiger partial charge < -0.3 is 36.6 Å². The number of carboxylic acid groups (broad SMARTS) is 3. The Morgan fingerprint density at radius 2 is 1.17 bits per heavy atom. The van der Waals surface area contributed by atoms with Crippen LogP contribution >= 0.6 is 0 Å². The molecule has 0 saturated carbocycles. The SMILES string of the molecule is CC(=O)NC(CC(=O)O)C(=O)NC(CCC(=O)O)C(=O)NC(C(=O)NC(CC(=O)O)C(=O)c1ccccc1)C(C)C. The number of Topliss-reactive ketones (excluding diaryl/α,β-unsaturated/α-hetero) is 1. The summed E-state index contributed by atoms with van der Waals surface area (Å²) in [6, 6.07) is 1.69. The van der Waals surface area contributed by atoms with E-state index in [2.05, 4.69) is 21.3 Å². The second-order valence-electron chi connectivity index (χ2n) is 9.46. The number of nitrogens with one attached hydrogen (secondary N) is 4. The first-order valence-electron chi connectivity index (χ1n) is 12.5. The summed E-state index contributed by atoms with van der Waals surface area (Å²) < 4.78 is 0. The third kappa shape index (κ3) is 12.3. The summed E-state index contributed by atoms with van der Waals surface area (Å²) in [4.78, 5) is 96.9. The fourth-order valence-electron chi connectivity index (χ4n) is 3.68. The monoisotopic (exact) mass is 578 g/mol. The Morgan fingerprint density at radius 1 is 0.659 bits per heavy atom. The average molecular weight is 579 g/mol. The maximum atomic E-state index is 13.1. The summed E-state index contributed by atoms with van der Waals surface area (Å²) in [6.07, 6.45) is -2.61. The van der Waals surface area contributed by atoms with Gasteiger partial charge in [0.1, 0.15) is 24.2 Å². The van der Waals surface area contributed by atoms with Gasteiger partial charge in [-0.15, -0.1) is 0 Å². The van der Waals surface area contributed by atoms with E-state index in [1.54, 1.807) is 32.0 Å². The molecule has 1 aromatic rings.